The van der Waals surface area contributed by atoms with Crippen LogP contribution in [0.3, 0.4) is 0 Å². The third-order valence-corrected chi connectivity index (χ3v) is 4.00. The van der Waals surface area contributed by atoms with Crippen LogP contribution in [0.5, 0.6) is 0 Å². The summed E-state index contributed by atoms with van der Waals surface area (Å²) in [4.78, 5) is 0. The molecule has 0 aliphatic rings. The molecule has 0 heterocycles. The van der Waals surface area contributed by atoms with Gasteiger partial charge in [0.2, 0.25) is 0 Å². The molecule has 0 radical (unpaired) electrons. The van der Waals surface area contributed by atoms with E-state index >= 15 is 0 Å². The summed E-state index contributed by atoms with van der Waals surface area (Å²) in [7, 11) is -3.31. The molecular formula is C10H12ClNO3S. The van der Waals surface area contributed by atoms with Crippen LogP contribution in [0.25, 0.3) is 0 Å². The molecule has 0 saturated carbocycles. The van der Waals surface area contributed by atoms with Gasteiger partial charge in [-0.2, -0.15) is 0 Å². The molecule has 1 N–H and O–H groups in total. The summed E-state index contributed by atoms with van der Waals surface area (Å²) in [6, 6.07) is 6.52. The number of oxime groups is 1. The maximum Gasteiger partial charge on any atom is 0.155 e. The average molecular weight is 262 g/mol. The van der Waals surface area contributed by atoms with Gasteiger partial charge in [0.1, 0.15) is 11.0 Å². The summed E-state index contributed by atoms with van der Waals surface area (Å²) in [5.41, 5.74) is 0.581. The molecule has 1 aromatic carbocycles. The van der Waals surface area contributed by atoms with E-state index in [2.05, 4.69) is 5.16 Å². The highest BCUT2D eigenvalue weighted by molar-refractivity contribution is 7.92. The van der Waals surface area contributed by atoms with Gasteiger partial charge in [0.05, 0.1) is 0 Å². The van der Waals surface area contributed by atoms with Gasteiger partial charge in [0.25, 0.3) is 0 Å². The Morgan fingerprint density at radius 3 is 2.56 bits per heavy atom. The Morgan fingerprint density at radius 2 is 2.12 bits per heavy atom. The third kappa shape index (κ3) is 2.96. The van der Waals surface area contributed by atoms with Crippen molar-refractivity contribution >= 4 is 27.1 Å². The minimum atomic E-state index is -3.31. The van der Waals surface area contributed by atoms with Crippen LogP contribution in [-0.4, -0.2) is 30.8 Å². The first kappa shape index (κ1) is 13.0. The molecule has 1 aromatic rings. The fourth-order valence-electron chi connectivity index (χ4n) is 1.22. The van der Waals surface area contributed by atoms with Crippen LogP contribution < -0.4 is 0 Å². The molecule has 0 aliphatic carbocycles. The summed E-state index contributed by atoms with van der Waals surface area (Å²) in [6.07, 6.45) is 1.09. The molecule has 1 atom stereocenters. The molecule has 0 aromatic heterocycles. The molecule has 6 heteroatoms. The quantitative estimate of drug-likeness (QED) is 0.514. The van der Waals surface area contributed by atoms with E-state index in [9.17, 15) is 8.42 Å². The number of hydrogen-bond acceptors (Lipinski definition) is 4. The average Bonchev–Trinajstić information content (AvgIpc) is 2.17. The molecule has 0 spiro atoms. The minimum absolute atomic E-state index is 0.0880. The Balaban J connectivity index is 3.20. The number of halogens is 1. The van der Waals surface area contributed by atoms with Gasteiger partial charge < -0.3 is 5.21 Å². The van der Waals surface area contributed by atoms with Crippen molar-refractivity contribution in [3.63, 3.8) is 0 Å². The molecule has 0 aliphatic heterocycles. The minimum Gasteiger partial charge on any atom is -0.411 e. The van der Waals surface area contributed by atoms with Crippen LogP contribution >= 0.6 is 11.6 Å². The molecule has 0 amide bonds. The predicted octanol–water partition coefficient (Wildman–Crippen LogP) is 1.95. The molecule has 4 nitrogen and oxygen atoms in total. The summed E-state index contributed by atoms with van der Waals surface area (Å²) in [5.74, 6) is 0. The first-order valence-corrected chi connectivity index (χ1v) is 6.86. The van der Waals surface area contributed by atoms with E-state index in [-0.39, 0.29) is 5.71 Å². The topological polar surface area (TPSA) is 66.7 Å². The van der Waals surface area contributed by atoms with Crippen LogP contribution in [0.1, 0.15) is 12.5 Å². The summed E-state index contributed by atoms with van der Waals surface area (Å²) in [5, 5.41) is 11.5. The molecule has 16 heavy (non-hydrogen) atoms. The van der Waals surface area contributed by atoms with E-state index in [1.165, 1.54) is 6.92 Å². The second-order valence-corrected chi connectivity index (χ2v) is 6.27. The van der Waals surface area contributed by atoms with Crippen molar-refractivity contribution in [1.82, 2.24) is 0 Å². The molecule has 0 fully saturated rings. The lowest BCUT2D eigenvalue weighted by Gasteiger charge is -2.11. The fourth-order valence-corrected chi connectivity index (χ4v) is 2.00. The number of hydrogen-bond donors (Lipinski definition) is 1. The van der Waals surface area contributed by atoms with Gasteiger partial charge in [-0.05, 0) is 19.1 Å². The van der Waals surface area contributed by atoms with E-state index < -0.39 is 15.1 Å². The van der Waals surface area contributed by atoms with Gasteiger partial charge in [0, 0.05) is 16.8 Å². The van der Waals surface area contributed by atoms with Crippen molar-refractivity contribution in [2.75, 3.05) is 6.26 Å². The molecule has 0 unspecified atom stereocenters. The Hall–Kier alpha value is -1.07. The summed E-state index contributed by atoms with van der Waals surface area (Å²) >= 11 is 5.78. The normalized spacial score (nSPS) is 14.8. The van der Waals surface area contributed by atoms with Crippen molar-refractivity contribution < 1.29 is 13.6 Å². The van der Waals surface area contributed by atoms with Crippen molar-refractivity contribution in [1.29, 1.82) is 0 Å². The molecule has 0 saturated heterocycles. The van der Waals surface area contributed by atoms with Crippen molar-refractivity contribution in [2.24, 2.45) is 5.16 Å². The van der Waals surface area contributed by atoms with E-state index in [0.29, 0.717) is 10.6 Å². The Bertz CT molecular complexity index is 511. The second-order valence-electron chi connectivity index (χ2n) is 3.47. The molecular weight excluding hydrogens is 250 g/mol. The van der Waals surface area contributed by atoms with Crippen molar-refractivity contribution in [3.05, 3.63) is 34.9 Å². The SMILES string of the molecule is C[C@H](/C(=N\O)c1cccc(Cl)c1)S(C)(=O)=O. The lowest BCUT2D eigenvalue weighted by molar-refractivity contribution is 0.318. The van der Waals surface area contributed by atoms with Crippen LogP contribution in [0.4, 0.5) is 0 Å². The van der Waals surface area contributed by atoms with Crippen LogP contribution in [0, 0.1) is 0 Å². The van der Waals surface area contributed by atoms with Crippen molar-refractivity contribution in [2.45, 2.75) is 12.2 Å². The summed E-state index contributed by atoms with van der Waals surface area (Å²) in [6.45, 7) is 1.46. The van der Waals surface area contributed by atoms with Gasteiger partial charge in [-0.3, -0.25) is 0 Å². The lowest BCUT2D eigenvalue weighted by atomic mass is 10.1. The van der Waals surface area contributed by atoms with E-state index in [0.717, 1.165) is 6.26 Å². The van der Waals surface area contributed by atoms with Crippen LogP contribution in [-0.2, 0) is 9.84 Å². The van der Waals surface area contributed by atoms with Crippen LogP contribution in [0.2, 0.25) is 5.02 Å². The van der Waals surface area contributed by atoms with E-state index in [1.54, 1.807) is 24.3 Å². The first-order valence-electron chi connectivity index (χ1n) is 4.53. The number of sulfone groups is 1. The highest BCUT2D eigenvalue weighted by Gasteiger charge is 2.23. The maximum atomic E-state index is 11.4. The molecule has 1 rings (SSSR count). The Morgan fingerprint density at radius 1 is 1.50 bits per heavy atom. The zero-order valence-corrected chi connectivity index (χ0v) is 10.5. The molecule has 88 valence electrons. The highest BCUT2D eigenvalue weighted by atomic mass is 35.5. The summed E-state index contributed by atoms with van der Waals surface area (Å²) < 4.78 is 22.7. The van der Waals surface area contributed by atoms with E-state index in [4.69, 9.17) is 16.8 Å². The van der Waals surface area contributed by atoms with Crippen molar-refractivity contribution in [3.8, 4) is 0 Å². The second kappa shape index (κ2) is 4.84. The zero-order chi connectivity index (χ0) is 12.3. The zero-order valence-electron chi connectivity index (χ0n) is 8.88. The number of rotatable bonds is 3. The largest absolute Gasteiger partial charge is 0.411 e. The number of benzene rings is 1. The maximum absolute atomic E-state index is 11.4. The smallest absolute Gasteiger partial charge is 0.155 e. The van der Waals surface area contributed by atoms with Crippen LogP contribution in [0.15, 0.2) is 29.4 Å². The highest BCUT2D eigenvalue weighted by Crippen LogP contribution is 2.15. The lowest BCUT2D eigenvalue weighted by Crippen LogP contribution is -2.27. The van der Waals surface area contributed by atoms with Gasteiger partial charge >= 0.3 is 0 Å². The van der Waals surface area contributed by atoms with Gasteiger partial charge in [-0.25, -0.2) is 8.42 Å². The predicted molar refractivity (Wildman–Crippen MR) is 64.1 cm³/mol. The third-order valence-electron chi connectivity index (χ3n) is 2.26. The van der Waals surface area contributed by atoms with Gasteiger partial charge in [-0.15, -0.1) is 0 Å². The van der Waals surface area contributed by atoms with Gasteiger partial charge in [-0.1, -0.05) is 28.9 Å². The van der Waals surface area contributed by atoms with E-state index in [1.807, 2.05) is 0 Å². The standard InChI is InChI=1S/C10H12ClNO3S/c1-7(16(2,14)15)10(12-13)8-4-3-5-9(11)6-8/h3-7,13H,1-2H3/b12-10+/t7-/m1/s1. The number of nitrogens with zero attached hydrogens (tertiary/aromatic N) is 1. The monoisotopic (exact) mass is 261 g/mol. The fraction of sp³-hybridized carbons (Fsp3) is 0.300. The van der Waals surface area contributed by atoms with Gasteiger partial charge in [0.15, 0.2) is 9.84 Å². The Kier molecular flexibility index (Phi) is 3.93. The first-order chi connectivity index (χ1) is 7.36. The Labute approximate surface area is 99.5 Å². The molecule has 0 bridgehead atoms.